The zero-order chi connectivity index (χ0) is 59.5. The smallest absolute Gasteiger partial charge is 0.223 e. The van der Waals surface area contributed by atoms with Crippen molar-refractivity contribution in [3.8, 4) is 0 Å². The lowest BCUT2D eigenvalue weighted by Crippen LogP contribution is -2.34. The van der Waals surface area contributed by atoms with Gasteiger partial charge >= 0.3 is 0 Å². The van der Waals surface area contributed by atoms with E-state index >= 15 is 0 Å². The average molecular weight is 1130 g/mol. The van der Waals surface area contributed by atoms with Gasteiger partial charge in [0, 0.05) is 77.7 Å². The second-order valence-corrected chi connectivity index (χ2v) is 29.8. The lowest BCUT2D eigenvalue weighted by Gasteiger charge is -2.32. The number of likely N-dealkylation sites (tertiary alicyclic amines) is 1. The summed E-state index contributed by atoms with van der Waals surface area (Å²) in [4.78, 5) is 17.4. The van der Waals surface area contributed by atoms with Crippen molar-refractivity contribution in [3.63, 3.8) is 0 Å². The molecular weight excluding hydrogens is 1000 g/mol. The number of ether oxygens (including phenoxy) is 4. The third kappa shape index (κ3) is 36.0. The maximum atomic E-state index is 11.0. The highest BCUT2D eigenvalue weighted by Crippen LogP contribution is 2.36. The fourth-order valence-electron chi connectivity index (χ4n) is 10.9. The monoisotopic (exact) mass is 1130 g/mol. The molecule has 466 valence electrons. The number of piperidine rings is 1. The summed E-state index contributed by atoms with van der Waals surface area (Å²) >= 11 is 0. The van der Waals surface area contributed by atoms with E-state index in [0.717, 1.165) is 150 Å². The fraction of sp³-hybridized carbons (Fsp3) is 0.912. The van der Waals surface area contributed by atoms with Crippen molar-refractivity contribution in [1.29, 1.82) is 0 Å². The molecule has 1 aliphatic carbocycles. The third-order valence-electron chi connectivity index (χ3n) is 18.3. The van der Waals surface area contributed by atoms with Crippen molar-refractivity contribution in [2.45, 2.75) is 215 Å². The Morgan fingerprint density at radius 3 is 1.04 bits per heavy atom. The molecule has 8 heterocycles. The van der Waals surface area contributed by atoms with E-state index in [1.165, 1.54) is 83.0 Å². The first-order valence-corrected chi connectivity index (χ1v) is 34.5. The molecule has 7 saturated heterocycles. The van der Waals surface area contributed by atoms with Crippen LogP contribution in [0.1, 0.15) is 220 Å². The van der Waals surface area contributed by atoms with Gasteiger partial charge in [0.25, 0.3) is 0 Å². The summed E-state index contributed by atoms with van der Waals surface area (Å²) in [6, 6.07) is 4.09. The molecule has 9 rings (SSSR count). The Labute approximate surface area is 490 Å². The van der Waals surface area contributed by atoms with E-state index in [1.54, 1.807) is 0 Å². The highest BCUT2D eigenvalue weighted by atomic mass is 32.2. The molecule has 1 N–H and O–H groups in total. The van der Waals surface area contributed by atoms with Crippen LogP contribution in [0.5, 0.6) is 0 Å². The van der Waals surface area contributed by atoms with Crippen LogP contribution in [0.15, 0.2) is 24.5 Å². The van der Waals surface area contributed by atoms with Crippen molar-refractivity contribution in [3.05, 3.63) is 30.1 Å². The Bertz CT molecular complexity index is 1620. The van der Waals surface area contributed by atoms with Crippen molar-refractivity contribution >= 4 is 15.7 Å². The van der Waals surface area contributed by atoms with Gasteiger partial charge in [-0.05, 0) is 209 Å². The fourth-order valence-corrected chi connectivity index (χ4v) is 12.4. The molecule has 0 spiro atoms. The number of hydrogen-bond acceptors (Lipinski definition) is 9. The van der Waals surface area contributed by atoms with Crippen LogP contribution in [0.3, 0.4) is 0 Å². The SMILES string of the molecule is CC(C)C1CC1.CC(C)C1CCNC1=O.CC(C)C1CCOC1.CC(C)C1CCOCC1.CC(C)C1CCS(=O)(=O)CC1.CC(C)[C@@H]1CCOC1.CC(C)[C@H]1CCOC1.CC(C)c1ccncc1.CCN1CCC(C(C)C)CC1. The molecule has 1 aromatic heterocycles. The Morgan fingerprint density at radius 1 is 0.468 bits per heavy atom. The van der Waals surface area contributed by atoms with Crippen LogP contribution in [0.25, 0.3) is 0 Å². The highest BCUT2D eigenvalue weighted by molar-refractivity contribution is 7.91. The van der Waals surface area contributed by atoms with Crippen LogP contribution in [-0.2, 0) is 33.6 Å². The topological polar surface area (TPSA) is 116 Å². The molecule has 1 saturated carbocycles. The van der Waals surface area contributed by atoms with Crippen molar-refractivity contribution in [1.82, 2.24) is 15.2 Å². The number of sulfone groups is 1. The summed E-state index contributed by atoms with van der Waals surface area (Å²) in [5.41, 5.74) is 1.35. The minimum absolute atomic E-state index is 0.241. The van der Waals surface area contributed by atoms with Crippen molar-refractivity contribution in [2.24, 2.45) is 94.7 Å². The zero-order valence-corrected chi connectivity index (χ0v) is 56.0. The van der Waals surface area contributed by atoms with Gasteiger partial charge in [-0.25, -0.2) is 8.42 Å². The van der Waals surface area contributed by atoms with Gasteiger partial charge in [-0.15, -0.1) is 0 Å². The van der Waals surface area contributed by atoms with Gasteiger partial charge in [0.2, 0.25) is 5.91 Å². The molecule has 7 aliphatic heterocycles. The number of carbonyl (C=O) groups is 1. The Balaban J connectivity index is 0.000000446. The number of rotatable bonds is 10. The normalized spacial score (nSPS) is 24.3. The van der Waals surface area contributed by atoms with Gasteiger partial charge in [0.15, 0.2) is 0 Å². The molecule has 11 heteroatoms. The number of hydrogen-bond donors (Lipinski definition) is 1. The number of nitrogens with zero attached hydrogens (tertiary/aromatic N) is 2. The highest BCUT2D eigenvalue weighted by Gasteiger charge is 2.28. The van der Waals surface area contributed by atoms with Crippen LogP contribution in [0, 0.1) is 94.7 Å². The van der Waals surface area contributed by atoms with Crippen molar-refractivity contribution in [2.75, 3.05) is 90.5 Å². The molecule has 8 aliphatic rings. The molecule has 0 radical (unpaired) electrons. The lowest BCUT2D eigenvalue weighted by molar-refractivity contribution is -0.123. The molecule has 8 fully saturated rings. The second-order valence-electron chi connectivity index (χ2n) is 27.5. The first-order valence-electron chi connectivity index (χ1n) is 32.7. The quantitative estimate of drug-likeness (QED) is 0.244. The molecule has 79 heavy (non-hydrogen) atoms. The zero-order valence-electron chi connectivity index (χ0n) is 55.2. The lowest BCUT2D eigenvalue weighted by atomic mass is 9.87. The Morgan fingerprint density at radius 2 is 0.810 bits per heavy atom. The van der Waals surface area contributed by atoms with Crippen LogP contribution in [-0.4, -0.2) is 115 Å². The first kappa shape index (κ1) is 75.4. The van der Waals surface area contributed by atoms with Gasteiger partial charge in [0.05, 0.1) is 11.5 Å². The number of pyridine rings is 1. The molecule has 2 unspecified atom stereocenters. The number of amides is 1. The molecule has 0 bridgehead atoms. The van der Waals surface area contributed by atoms with Gasteiger partial charge in [-0.1, -0.05) is 132 Å². The van der Waals surface area contributed by atoms with E-state index in [0.29, 0.717) is 35.2 Å². The maximum absolute atomic E-state index is 11.0. The summed E-state index contributed by atoms with van der Waals surface area (Å²) in [5, 5.41) is 2.81. The summed E-state index contributed by atoms with van der Waals surface area (Å²) in [5.74, 6) is 14.5. The van der Waals surface area contributed by atoms with E-state index in [2.05, 4.69) is 147 Å². The first-order chi connectivity index (χ1) is 37.3. The number of carbonyl (C=O) groups excluding carboxylic acids is 1. The predicted molar refractivity (Wildman–Crippen MR) is 337 cm³/mol. The predicted octanol–water partition coefficient (Wildman–Crippen LogP) is 16.0. The number of nitrogens with one attached hydrogen (secondary N) is 1. The second kappa shape index (κ2) is 43.1. The van der Waals surface area contributed by atoms with Crippen LogP contribution in [0.4, 0.5) is 0 Å². The largest absolute Gasteiger partial charge is 0.381 e. The average Bonchev–Trinajstić information content (AvgIpc) is 3.98. The molecule has 1 amide bonds. The maximum Gasteiger partial charge on any atom is 0.223 e. The number of aromatic nitrogens is 1. The van der Waals surface area contributed by atoms with E-state index in [1.807, 2.05) is 24.5 Å². The van der Waals surface area contributed by atoms with E-state index in [-0.39, 0.29) is 11.8 Å². The van der Waals surface area contributed by atoms with Gasteiger partial charge in [-0.2, -0.15) is 0 Å². The third-order valence-corrected chi connectivity index (χ3v) is 20.0. The van der Waals surface area contributed by atoms with Crippen molar-refractivity contribution < 1.29 is 32.2 Å². The Kier molecular flexibility index (Phi) is 41.1. The molecule has 10 nitrogen and oxygen atoms in total. The van der Waals surface area contributed by atoms with E-state index in [9.17, 15) is 13.2 Å². The van der Waals surface area contributed by atoms with E-state index in [4.69, 9.17) is 18.9 Å². The summed E-state index contributed by atoms with van der Waals surface area (Å²) in [6.45, 7) is 55.4. The van der Waals surface area contributed by atoms with Crippen LogP contribution in [0.2, 0.25) is 0 Å². The minimum Gasteiger partial charge on any atom is -0.381 e. The summed E-state index contributed by atoms with van der Waals surface area (Å²) in [6.07, 6.45) is 18.6. The van der Waals surface area contributed by atoms with Gasteiger partial charge in [-0.3, -0.25) is 9.78 Å². The standard InChI is InChI=1S/C10H21N.C8H11N.C8H16O2S.C8H16O.C7H13NO.3C7H14O.C6H12/c1-4-11-7-5-10(6-8-11)9(2)3;1-7(2)8-3-5-9-6-4-8;1-7(2)8-3-5-11(9,10)6-4-8;1-7(2)8-3-5-9-6-4-8;1-5(2)6-3-4-8-7(6)9;3*1-6(2)7-3-4-8-5-7;1-5(2)6-3-4-6/h9-10H,4-8H2,1-3H3;3-7H,1-2H3;7-8H,3-6H2,1-2H3;7-8H,3-6H2,1-2H3;5-6H,3-4H2,1-2H3,(H,8,9);3*6-7H,3-5H2,1-2H3;5-6H,3-4H2,1-2H3/t;;;;;2*7-;;/m.....10../s1. The summed E-state index contributed by atoms with van der Waals surface area (Å²) < 4.78 is 42.9. The summed E-state index contributed by atoms with van der Waals surface area (Å²) in [7, 11) is -2.65. The molecule has 4 atom stereocenters. The van der Waals surface area contributed by atoms with Gasteiger partial charge < -0.3 is 29.2 Å². The van der Waals surface area contributed by atoms with Crippen LogP contribution >= 0.6 is 0 Å². The van der Waals surface area contributed by atoms with Gasteiger partial charge in [0.1, 0.15) is 9.84 Å². The molecule has 0 aromatic carbocycles. The Hall–Kier alpha value is -1.63. The van der Waals surface area contributed by atoms with E-state index < -0.39 is 9.84 Å². The van der Waals surface area contributed by atoms with Crippen LogP contribution < -0.4 is 5.32 Å². The minimum atomic E-state index is -2.65. The molecular formula is C68H131N3O7S. The molecule has 1 aromatic rings.